The summed E-state index contributed by atoms with van der Waals surface area (Å²) in [6.45, 7) is 1.95. The monoisotopic (exact) mass is 420 g/mol. The number of aryl methyl sites for hydroxylation is 1. The lowest BCUT2D eigenvalue weighted by atomic mass is 10.2. The molecule has 144 valence electrons. The van der Waals surface area contributed by atoms with Gasteiger partial charge in [-0.2, -0.15) is 0 Å². The molecule has 0 aliphatic rings. The number of carbonyl (C=O) groups excluding carboxylic acids is 1. The van der Waals surface area contributed by atoms with Crippen LogP contribution in [0.3, 0.4) is 0 Å². The second-order valence-electron chi connectivity index (χ2n) is 6.39. The zero-order chi connectivity index (χ0) is 20.2. The van der Waals surface area contributed by atoms with E-state index in [1.165, 1.54) is 11.8 Å². The molecule has 0 spiro atoms. The van der Waals surface area contributed by atoms with Gasteiger partial charge >= 0.3 is 0 Å². The minimum absolute atomic E-state index is 0.0394. The normalized spacial score (nSPS) is 10.8. The Hall–Kier alpha value is -2.96. The largest absolute Gasteiger partial charge is 0.293 e. The summed E-state index contributed by atoms with van der Waals surface area (Å²) in [4.78, 5) is 16.6. The third-order valence-corrected chi connectivity index (χ3v) is 5.75. The molecular formula is C22H17ClN4OS. The Bertz CT molecular complexity index is 1150. The van der Waals surface area contributed by atoms with Crippen molar-refractivity contribution in [1.82, 2.24) is 19.7 Å². The van der Waals surface area contributed by atoms with Gasteiger partial charge in [-0.1, -0.05) is 59.8 Å². The summed E-state index contributed by atoms with van der Waals surface area (Å²) in [6.07, 6.45) is 3.42. The van der Waals surface area contributed by atoms with Gasteiger partial charge in [-0.05, 0) is 36.8 Å². The smallest absolute Gasteiger partial charge is 0.196 e. The van der Waals surface area contributed by atoms with E-state index in [9.17, 15) is 4.79 Å². The maximum absolute atomic E-state index is 12.5. The topological polar surface area (TPSA) is 60.7 Å². The van der Waals surface area contributed by atoms with Gasteiger partial charge in [0.15, 0.2) is 16.8 Å². The Labute approximate surface area is 177 Å². The molecule has 0 bridgehead atoms. The molecule has 4 rings (SSSR count). The van der Waals surface area contributed by atoms with E-state index < -0.39 is 0 Å². The second kappa shape index (κ2) is 8.59. The van der Waals surface area contributed by atoms with Gasteiger partial charge < -0.3 is 0 Å². The second-order valence-corrected chi connectivity index (χ2v) is 7.74. The lowest BCUT2D eigenvalue weighted by Crippen LogP contribution is -2.05. The van der Waals surface area contributed by atoms with E-state index in [0.717, 1.165) is 16.8 Å². The highest BCUT2D eigenvalue weighted by atomic mass is 35.5. The fraction of sp³-hybridized carbons (Fsp3) is 0.0909. The van der Waals surface area contributed by atoms with Gasteiger partial charge in [0.25, 0.3) is 0 Å². The third-order valence-electron chi connectivity index (χ3n) is 4.41. The molecule has 4 aromatic rings. The third kappa shape index (κ3) is 4.23. The van der Waals surface area contributed by atoms with Crippen molar-refractivity contribution in [3.8, 4) is 17.1 Å². The van der Waals surface area contributed by atoms with E-state index in [1.807, 2.05) is 72.2 Å². The Morgan fingerprint density at radius 3 is 2.52 bits per heavy atom. The molecule has 0 saturated carbocycles. The van der Waals surface area contributed by atoms with Gasteiger partial charge in [0.05, 0.1) is 11.4 Å². The molecule has 0 N–H and O–H groups in total. The van der Waals surface area contributed by atoms with Gasteiger partial charge in [-0.25, -0.2) is 0 Å². The molecule has 0 amide bonds. The molecule has 0 radical (unpaired) electrons. The quantitative estimate of drug-likeness (QED) is 0.314. The number of rotatable bonds is 6. The number of hydrogen-bond donors (Lipinski definition) is 0. The molecule has 0 aliphatic carbocycles. The Morgan fingerprint density at radius 1 is 1.03 bits per heavy atom. The maximum Gasteiger partial charge on any atom is 0.196 e. The number of hydrogen-bond acceptors (Lipinski definition) is 5. The number of ketones is 1. The first-order chi connectivity index (χ1) is 14.1. The van der Waals surface area contributed by atoms with E-state index in [-0.39, 0.29) is 11.5 Å². The van der Waals surface area contributed by atoms with Crippen LogP contribution in [0.25, 0.3) is 17.1 Å². The summed E-state index contributed by atoms with van der Waals surface area (Å²) in [5.41, 5.74) is 3.39. The van der Waals surface area contributed by atoms with E-state index >= 15 is 0 Å². The first kappa shape index (κ1) is 19.4. The molecule has 29 heavy (non-hydrogen) atoms. The lowest BCUT2D eigenvalue weighted by Gasteiger charge is -2.11. The Morgan fingerprint density at radius 2 is 1.79 bits per heavy atom. The molecule has 0 saturated heterocycles. The van der Waals surface area contributed by atoms with Crippen molar-refractivity contribution in [2.45, 2.75) is 12.1 Å². The van der Waals surface area contributed by atoms with Crippen LogP contribution in [0.15, 0.2) is 78.2 Å². The molecule has 5 nitrogen and oxygen atoms in total. The van der Waals surface area contributed by atoms with Gasteiger partial charge in [0.1, 0.15) is 0 Å². The minimum Gasteiger partial charge on any atom is -0.293 e. The van der Waals surface area contributed by atoms with Crippen molar-refractivity contribution in [3.63, 3.8) is 0 Å². The highest BCUT2D eigenvalue weighted by molar-refractivity contribution is 7.99. The van der Waals surface area contributed by atoms with E-state index in [1.54, 1.807) is 12.4 Å². The molecule has 2 aromatic heterocycles. The van der Waals surface area contributed by atoms with Crippen molar-refractivity contribution >= 4 is 29.1 Å². The number of aromatic nitrogens is 4. The van der Waals surface area contributed by atoms with Crippen LogP contribution in [-0.4, -0.2) is 31.3 Å². The number of Topliss-reactive ketones (excluding diaryl/α,β-unsaturated/α-hetero) is 1. The number of benzene rings is 2. The van der Waals surface area contributed by atoms with Crippen LogP contribution < -0.4 is 0 Å². The summed E-state index contributed by atoms with van der Waals surface area (Å²) in [5.74, 6) is 0.970. The molecule has 0 unspecified atom stereocenters. The van der Waals surface area contributed by atoms with Crippen LogP contribution in [0.4, 0.5) is 0 Å². The zero-order valence-electron chi connectivity index (χ0n) is 15.6. The molecule has 7 heteroatoms. The average molecular weight is 421 g/mol. The molecule has 0 aliphatic heterocycles. The van der Waals surface area contributed by atoms with Crippen molar-refractivity contribution in [3.05, 3.63) is 89.2 Å². The summed E-state index contributed by atoms with van der Waals surface area (Å²) >= 11 is 7.72. The minimum atomic E-state index is 0.0394. The van der Waals surface area contributed by atoms with E-state index in [4.69, 9.17) is 11.6 Å². The highest BCUT2D eigenvalue weighted by Gasteiger charge is 2.18. The molecule has 0 fully saturated rings. The molecular weight excluding hydrogens is 404 g/mol. The lowest BCUT2D eigenvalue weighted by molar-refractivity contribution is 0.102. The van der Waals surface area contributed by atoms with Crippen LogP contribution in [0.1, 0.15) is 15.9 Å². The summed E-state index contributed by atoms with van der Waals surface area (Å²) in [7, 11) is 0. The predicted molar refractivity (Wildman–Crippen MR) is 116 cm³/mol. The van der Waals surface area contributed by atoms with Crippen LogP contribution in [0, 0.1) is 6.92 Å². The van der Waals surface area contributed by atoms with Gasteiger partial charge in [0.2, 0.25) is 0 Å². The first-order valence-electron chi connectivity index (χ1n) is 8.97. The summed E-state index contributed by atoms with van der Waals surface area (Å²) in [6, 6.07) is 18.8. The Balaban J connectivity index is 1.71. The zero-order valence-corrected chi connectivity index (χ0v) is 17.2. The average Bonchev–Trinajstić information content (AvgIpc) is 3.19. The van der Waals surface area contributed by atoms with Gasteiger partial charge in [-0.15, -0.1) is 10.2 Å². The number of halogens is 1. The fourth-order valence-electron chi connectivity index (χ4n) is 2.84. The van der Waals surface area contributed by atoms with Crippen LogP contribution in [0.2, 0.25) is 5.02 Å². The van der Waals surface area contributed by atoms with Crippen molar-refractivity contribution in [2.24, 2.45) is 0 Å². The predicted octanol–water partition coefficient (Wildman–Crippen LogP) is 5.27. The van der Waals surface area contributed by atoms with E-state index in [0.29, 0.717) is 21.6 Å². The molecule has 2 heterocycles. The van der Waals surface area contributed by atoms with Gasteiger partial charge in [0, 0.05) is 28.5 Å². The van der Waals surface area contributed by atoms with Crippen LogP contribution in [-0.2, 0) is 0 Å². The maximum atomic E-state index is 12.5. The van der Waals surface area contributed by atoms with E-state index in [2.05, 4.69) is 15.2 Å². The van der Waals surface area contributed by atoms with Crippen molar-refractivity contribution in [1.29, 1.82) is 0 Å². The first-order valence-corrected chi connectivity index (χ1v) is 10.3. The number of carbonyl (C=O) groups is 1. The number of nitrogens with zero attached hydrogens (tertiary/aromatic N) is 4. The Kier molecular flexibility index (Phi) is 5.74. The van der Waals surface area contributed by atoms with Crippen molar-refractivity contribution in [2.75, 3.05) is 5.75 Å². The summed E-state index contributed by atoms with van der Waals surface area (Å²) in [5, 5.41) is 10.0. The van der Waals surface area contributed by atoms with Gasteiger partial charge in [-0.3, -0.25) is 14.3 Å². The molecule has 0 atom stereocenters. The molecule has 2 aromatic carbocycles. The van der Waals surface area contributed by atoms with Crippen molar-refractivity contribution < 1.29 is 4.79 Å². The SMILES string of the molecule is Cc1ccc(-n2c(SCC(=O)c3ccccc3)nnc2-c2ccncc2)cc1Cl. The van der Waals surface area contributed by atoms with Crippen LogP contribution >= 0.6 is 23.4 Å². The summed E-state index contributed by atoms with van der Waals surface area (Å²) < 4.78 is 1.92. The number of thioether (sulfide) groups is 1. The fourth-order valence-corrected chi connectivity index (χ4v) is 3.86. The standard InChI is InChI=1S/C22H17ClN4OS/c1-15-7-8-18(13-19(15)23)27-21(17-9-11-24-12-10-17)25-26-22(27)29-14-20(28)16-5-3-2-4-6-16/h2-13H,14H2,1H3. The van der Waals surface area contributed by atoms with Crippen LogP contribution in [0.5, 0.6) is 0 Å². The highest BCUT2D eigenvalue weighted by Crippen LogP contribution is 2.30. The number of pyridine rings is 1.